The zero-order valence-corrected chi connectivity index (χ0v) is 13.7. The molecule has 0 fully saturated rings. The van der Waals surface area contributed by atoms with E-state index in [0.29, 0.717) is 6.54 Å². The molecule has 0 aliphatic carbocycles. The molecule has 2 amide bonds. The maximum Gasteiger partial charge on any atom is 0.312 e. The van der Waals surface area contributed by atoms with E-state index in [2.05, 4.69) is 44.9 Å². The number of amides is 2. The first-order valence-corrected chi connectivity index (χ1v) is 7.73. The smallest absolute Gasteiger partial charge is 0.312 e. The van der Waals surface area contributed by atoms with Gasteiger partial charge in [-0.1, -0.05) is 31.2 Å². The number of carbonyl (C=O) groups is 1. The Balaban J connectivity index is 1.87. The highest BCUT2D eigenvalue weighted by atomic mass is 16.2. The summed E-state index contributed by atoms with van der Waals surface area (Å²) in [6, 6.07) is 7.72. The molecule has 3 aromatic rings. The van der Waals surface area contributed by atoms with Crippen LogP contribution in [0.5, 0.6) is 0 Å². The molecular formula is C17H20N6O. The van der Waals surface area contributed by atoms with Gasteiger partial charge in [-0.05, 0) is 11.5 Å². The van der Waals surface area contributed by atoms with Gasteiger partial charge in [-0.25, -0.2) is 14.8 Å². The lowest BCUT2D eigenvalue weighted by atomic mass is 9.99. The van der Waals surface area contributed by atoms with Gasteiger partial charge in [0, 0.05) is 31.5 Å². The number of nitrogens with one attached hydrogen (secondary N) is 2. The van der Waals surface area contributed by atoms with Crippen LogP contribution in [0.1, 0.15) is 18.4 Å². The van der Waals surface area contributed by atoms with Crippen LogP contribution in [0.4, 0.5) is 10.6 Å². The summed E-state index contributed by atoms with van der Waals surface area (Å²) in [4.78, 5) is 19.5. The number of fused-ring (bicyclic) bond motifs is 1. The summed E-state index contributed by atoms with van der Waals surface area (Å²) in [7, 11) is 1.83. The SMILES string of the molecule is CNc1nccn2c(-c3ccc(C(C)CNC(N)=O)cc3)cnc12. The number of imidazole rings is 1. The average molecular weight is 324 g/mol. The topological polar surface area (TPSA) is 97.3 Å². The van der Waals surface area contributed by atoms with Gasteiger partial charge >= 0.3 is 6.03 Å². The summed E-state index contributed by atoms with van der Waals surface area (Å²) in [5, 5.41) is 5.68. The van der Waals surface area contributed by atoms with Crippen molar-refractivity contribution in [1.29, 1.82) is 0 Å². The third-order valence-electron chi connectivity index (χ3n) is 4.02. The fourth-order valence-electron chi connectivity index (χ4n) is 2.66. The molecule has 7 nitrogen and oxygen atoms in total. The number of benzene rings is 1. The number of hydrogen-bond acceptors (Lipinski definition) is 4. The van der Waals surface area contributed by atoms with Gasteiger partial charge in [0.05, 0.1) is 11.9 Å². The van der Waals surface area contributed by atoms with E-state index in [9.17, 15) is 4.79 Å². The van der Waals surface area contributed by atoms with Gasteiger partial charge < -0.3 is 16.4 Å². The molecule has 124 valence electrons. The van der Waals surface area contributed by atoms with Crippen molar-refractivity contribution < 1.29 is 4.79 Å². The zero-order chi connectivity index (χ0) is 17.1. The molecule has 0 bridgehead atoms. The monoisotopic (exact) mass is 324 g/mol. The van der Waals surface area contributed by atoms with Crippen molar-refractivity contribution >= 4 is 17.5 Å². The summed E-state index contributed by atoms with van der Waals surface area (Å²) in [5.74, 6) is 0.931. The second-order valence-corrected chi connectivity index (χ2v) is 5.63. The third kappa shape index (κ3) is 3.01. The molecule has 0 spiro atoms. The molecule has 7 heteroatoms. The highest BCUT2D eigenvalue weighted by Gasteiger charge is 2.11. The van der Waals surface area contributed by atoms with E-state index in [1.54, 1.807) is 6.20 Å². The fraction of sp³-hybridized carbons (Fsp3) is 0.235. The van der Waals surface area contributed by atoms with Gasteiger partial charge in [0.2, 0.25) is 0 Å². The lowest BCUT2D eigenvalue weighted by Crippen LogP contribution is -2.32. The second kappa shape index (κ2) is 6.57. The Bertz CT molecular complexity index is 855. The van der Waals surface area contributed by atoms with Crippen molar-refractivity contribution in [2.24, 2.45) is 5.73 Å². The average Bonchev–Trinajstić information content (AvgIpc) is 3.03. The number of urea groups is 1. The molecule has 0 aliphatic rings. The van der Waals surface area contributed by atoms with Crippen LogP contribution in [0, 0.1) is 0 Å². The van der Waals surface area contributed by atoms with Gasteiger partial charge in [-0.3, -0.25) is 4.40 Å². The van der Waals surface area contributed by atoms with Crippen molar-refractivity contribution in [3.63, 3.8) is 0 Å². The molecule has 1 atom stereocenters. The molecule has 2 heterocycles. The number of nitrogens with zero attached hydrogens (tertiary/aromatic N) is 3. The maximum absolute atomic E-state index is 10.8. The largest absolute Gasteiger partial charge is 0.370 e. The molecule has 0 aliphatic heterocycles. The van der Waals surface area contributed by atoms with E-state index in [1.807, 2.05) is 30.8 Å². The Morgan fingerprint density at radius 2 is 2.04 bits per heavy atom. The van der Waals surface area contributed by atoms with Gasteiger partial charge in [0.15, 0.2) is 11.5 Å². The van der Waals surface area contributed by atoms with Crippen LogP contribution >= 0.6 is 0 Å². The maximum atomic E-state index is 10.8. The van der Waals surface area contributed by atoms with Crippen LogP contribution in [0.25, 0.3) is 16.9 Å². The van der Waals surface area contributed by atoms with Crippen LogP contribution in [0.2, 0.25) is 0 Å². The lowest BCUT2D eigenvalue weighted by molar-refractivity contribution is 0.248. The molecule has 3 rings (SSSR count). The van der Waals surface area contributed by atoms with Gasteiger partial charge in [-0.15, -0.1) is 0 Å². The van der Waals surface area contributed by atoms with Crippen LogP contribution in [-0.4, -0.2) is 34.0 Å². The van der Waals surface area contributed by atoms with Crippen LogP contribution in [-0.2, 0) is 0 Å². The van der Waals surface area contributed by atoms with Crippen molar-refractivity contribution in [2.45, 2.75) is 12.8 Å². The van der Waals surface area contributed by atoms with Crippen LogP contribution in [0.15, 0.2) is 42.9 Å². The van der Waals surface area contributed by atoms with Crippen molar-refractivity contribution in [3.05, 3.63) is 48.4 Å². The zero-order valence-electron chi connectivity index (χ0n) is 13.7. The second-order valence-electron chi connectivity index (χ2n) is 5.63. The molecule has 0 saturated carbocycles. The molecule has 0 saturated heterocycles. The first-order valence-electron chi connectivity index (χ1n) is 7.73. The van der Waals surface area contributed by atoms with E-state index in [-0.39, 0.29) is 5.92 Å². The predicted octanol–water partition coefficient (Wildman–Crippen LogP) is 2.21. The molecular weight excluding hydrogens is 304 g/mol. The summed E-state index contributed by atoms with van der Waals surface area (Å²) in [6.07, 6.45) is 5.48. The Morgan fingerprint density at radius 1 is 1.29 bits per heavy atom. The summed E-state index contributed by atoms with van der Waals surface area (Å²) < 4.78 is 2.01. The Hall–Kier alpha value is -3.09. The molecule has 2 aromatic heterocycles. The number of hydrogen-bond donors (Lipinski definition) is 3. The van der Waals surface area contributed by atoms with Crippen molar-refractivity contribution in [1.82, 2.24) is 19.7 Å². The first kappa shape index (κ1) is 15.8. The summed E-state index contributed by atoms with van der Waals surface area (Å²) in [5.41, 5.74) is 9.10. The summed E-state index contributed by atoms with van der Waals surface area (Å²) >= 11 is 0. The minimum Gasteiger partial charge on any atom is -0.370 e. The molecule has 0 radical (unpaired) electrons. The molecule has 4 N–H and O–H groups in total. The number of aromatic nitrogens is 3. The predicted molar refractivity (Wildman–Crippen MR) is 94.0 cm³/mol. The standard InChI is InChI=1S/C17H20N6O/c1-11(9-22-17(18)24)12-3-5-13(6-4-12)14-10-21-16-15(19-2)20-7-8-23(14)16/h3-8,10-11H,9H2,1-2H3,(H,19,20)(H3,18,22,24). The van der Waals surface area contributed by atoms with E-state index < -0.39 is 6.03 Å². The highest BCUT2D eigenvalue weighted by molar-refractivity contribution is 5.72. The first-order chi connectivity index (χ1) is 11.6. The number of primary amides is 1. The van der Waals surface area contributed by atoms with E-state index in [1.165, 1.54) is 0 Å². The molecule has 1 unspecified atom stereocenters. The highest BCUT2D eigenvalue weighted by Crippen LogP contribution is 2.25. The van der Waals surface area contributed by atoms with E-state index in [0.717, 1.165) is 28.3 Å². The van der Waals surface area contributed by atoms with Gasteiger partial charge in [-0.2, -0.15) is 0 Å². The lowest BCUT2D eigenvalue weighted by Gasteiger charge is -2.12. The van der Waals surface area contributed by atoms with Crippen molar-refractivity contribution in [3.8, 4) is 11.3 Å². The molecule has 1 aromatic carbocycles. The van der Waals surface area contributed by atoms with E-state index in [4.69, 9.17) is 5.73 Å². The summed E-state index contributed by atoms with van der Waals surface area (Å²) in [6.45, 7) is 2.56. The number of rotatable bonds is 5. The Labute approximate surface area is 139 Å². The third-order valence-corrected chi connectivity index (χ3v) is 4.02. The minimum atomic E-state index is -0.502. The van der Waals surface area contributed by atoms with Gasteiger partial charge in [0.1, 0.15) is 0 Å². The molecule has 24 heavy (non-hydrogen) atoms. The number of nitrogens with two attached hydrogens (primary N) is 1. The Kier molecular flexibility index (Phi) is 4.33. The van der Waals surface area contributed by atoms with Gasteiger partial charge in [0.25, 0.3) is 0 Å². The normalized spacial score (nSPS) is 12.1. The number of carbonyl (C=O) groups excluding carboxylic acids is 1. The quantitative estimate of drug-likeness (QED) is 0.670. The number of anilines is 1. The fourth-order valence-corrected chi connectivity index (χ4v) is 2.66. The van der Waals surface area contributed by atoms with E-state index >= 15 is 0 Å². The van der Waals surface area contributed by atoms with Crippen molar-refractivity contribution in [2.75, 3.05) is 18.9 Å². The Morgan fingerprint density at radius 3 is 2.71 bits per heavy atom. The van der Waals surface area contributed by atoms with Crippen LogP contribution < -0.4 is 16.4 Å². The van der Waals surface area contributed by atoms with Crippen LogP contribution in [0.3, 0.4) is 0 Å². The minimum absolute atomic E-state index is 0.189.